The molecule has 0 aliphatic carbocycles. The van der Waals surface area contributed by atoms with E-state index in [1.54, 1.807) is 19.1 Å². The van der Waals surface area contributed by atoms with Gasteiger partial charge in [-0.25, -0.2) is 0 Å². The molecule has 138 valence electrons. The zero-order valence-electron chi connectivity index (χ0n) is 15.4. The van der Waals surface area contributed by atoms with E-state index in [1.807, 2.05) is 17.9 Å². The van der Waals surface area contributed by atoms with Gasteiger partial charge in [0.15, 0.2) is 0 Å². The minimum atomic E-state index is -0.765. The molecule has 0 radical (unpaired) electrons. The molecule has 0 aromatic heterocycles. The molecule has 0 bridgehead atoms. The standard InChI is InChI=1S/C20H25N3O3/c1-13-3-4-15-16(11-13)19(26)23(18(15)25)14(2)17(24)22-9-6-20(7-10-22)5-8-21-12-20/h3-4,11,14,21H,5-10,12H2,1-2H3. The van der Waals surface area contributed by atoms with Crippen LogP contribution in [0.15, 0.2) is 18.2 Å². The Kier molecular flexibility index (Phi) is 4.10. The van der Waals surface area contributed by atoms with E-state index in [9.17, 15) is 14.4 Å². The highest BCUT2D eigenvalue weighted by atomic mass is 16.2. The molecule has 6 nitrogen and oxygen atoms in total. The van der Waals surface area contributed by atoms with Crippen LogP contribution < -0.4 is 5.32 Å². The maximum atomic E-state index is 13.0. The first-order chi connectivity index (χ1) is 12.4. The molecule has 2 saturated heterocycles. The van der Waals surface area contributed by atoms with Crippen molar-refractivity contribution in [3.63, 3.8) is 0 Å². The van der Waals surface area contributed by atoms with Gasteiger partial charge in [0.25, 0.3) is 11.8 Å². The summed E-state index contributed by atoms with van der Waals surface area (Å²) < 4.78 is 0. The van der Waals surface area contributed by atoms with Crippen LogP contribution in [0, 0.1) is 12.3 Å². The second-order valence-corrected chi connectivity index (χ2v) is 7.96. The molecule has 6 heteroatoms. The Hall–Kier alpha value is -2.21. The predicted octanol–water partition coefficient (Wildman–Crippen LogP) is 1.58. The lowest BCUT2D eigenvalue weighted by Crippen LogP contribution is -2.52. The van der Waals surface area contributed by atoms with Gasteiger partial charge in [0.05, 0.1) is 11.1 Å². The van der Waals surface area contributed by atoms with Crippen molar-refractivity contribution in [2.45, 2.75) is 39.2 Å². The number of imide groups is 1. The van der Waals surface area contributed by atoms with Gasteiger partial charge in [0.1, 0.15) is 6.04 Å². The molecule has 0 saturated carbocycles. The summed E-state index contributed by atoms with van der Waals surface area (Å²) >= 11 is 0. The van der Waals surface area contributed by atoms with Crippen molar-refractivity contribution in [1.29, 1.82) is 0 Å². The first kappa shape index (κ1) is 17.2. The Morgan fingerprint density at radius 1 is 1.12 bits per heavy atom. The highest BCUT2D eigenvalue weighted by Crippen LogP contribution is 2.37. The van der Waals surface area contributed by atoms with Gasteiger partial charge >= 0.3 is 0 Å². The van der Waals surface area contributed by atoms with Crippen molar-refractivity contribution in [1.82, 2.24) is 15.1 Å². The number of aryl methyl sites for hydroxylation is 1. The van der Waals surface area contributed by atoms with Gasteiger partial charge in [0.2, 0.25) is 5.91 Å². The van der Waals surface area contributed by atoms with Crippen molar-refractivity contribution in [3.05, 3.63) is 34.9 Å². The molecular formula is C20H25N3O3. The monoisotopic (exact) mass is 355 g/mol. The third-order valence-electron chi connectivity index (χ3n) is 6.29. The summed E-state index contributed by atoms with van der Waals surface area (Å²) in [5.74, 6) is -0.848. The van der Waals surface area contributed by atoms with E-state index in [1.165, 1.54) is 6.42 Å². The van der Waals surface area contributed by atoms with Crippen molar-refractivity contribution in [2.24, 2.45) is 5.41 Å². The first-order valence-electron chi connectivity index (χ1n) is 9.40. The summed E-state index contributed by atoms with van der Waals surface area (Å²) in [5, 5.41) is 3.42. The number of hydrogen-bond donors (Lipinski definition) is 1. The predicted molar refractivity (Wildman–Crippen MR) is 96.9 cm³/mol. The van der Waals surface area contributed by atoms with Crippen LogP contribution in [0.3, 0.4) is 0 Å². The Morgan fingerprint density at radius 2 is 1.81 bits per heavy atom. The highest BCUT2D eigenvalue weighted by molar-refractivity contribution is 6.22. The van der Waals surface area contributed by atoms with Crippen LogP contribution in [0.5, 0.6) is 0 Å². The lowest BCUT2D eigenvalue weighted by Gasteiger charge is -2.40. The Morgan fingerprint density at radius 3 is 2.46 bits per heavy atom. The molecule has 3 aliphatic heterocycles. The van der Waals surface area contributed by atoms with Crippen molar-refractivity contribution in [3.8, 4) is 0 Å². The zero-order valence-corrected chi connectivity index (χ0v) is 15.4. The molecule has 2 fully saturated rings. The van der Waals surface area contributed by atoms with Gasteiger partial charge in [-0.2, -0.15) is 0 Å². The fourth-order valence-electron chi connectivity index (χ4n) is 4.52. The lowest BCUT2D eigenvalue weighted by atomic mass is 9.78. The van der Waals surface area contributed by atoms with Gasteiger partial charge in [-0.05, 0) is 57.2 Å². The molecule has 4 rings (SSSR count). The smallest absolute Gasteiger partial charge is 0.262 e. The summed E-state index contributed by atoms with van der Waals surface area (Å²) in [6.07, 6.45) is 3.14. The fourth-order valence-corrected chi connectivity index (χ4v) is 4.52. The number of carbonyl (C=O) groups excluding carboxylic acids is 3. The van der Waals surface area contributed by atoms with Crippen LogP contribution in [-0.2, 0) is 4.79 Å². The maximum Gasteiger partial charge on any atom is 0.262 e. The molecule has 26 heavy (non-hydrogen) atoms. The first-order valence-corrected chi connectivity index (χ1v) is 9.40. The van der Waals surface area contributed by atoms with Crippen molar-refractivity contribution < 1.29 is 14.4 Å². The van der Waals surface area contributed by atoms with Gasteiger partial charge in [0, 0.05) is 19.6 Å². The van der Waals surface area contributed by atoms with Gasteiger partial charge in [-0.1, -0.05) is 11.6 Å². The fraction of sp³-hybridized carbons (Fsp3) is 0.550. The van der Waals surface area contributed by atoms with Crippen LogP contribution in [0.1, 0.15) is 52.5 Å². The van der Waals surface area contributed by atoms with Crippen LogP contribution in [0.4, 0.5) is 0 Å². The maximum absolute atomic E-state index is 13.0. The van der Waals surface area contributed by atoms with E-state index in [4.69, 9.17) is 0 Å². The number of nitrogens with one attached hydrogen (secondary N) is 1. The molecule has 1 atom stereocenters. The average molecular weight is 355 g/mol. The highest BCUT2D eigenvalue weighted by Gasteiger charge is 2.44. The molecule has 3 heterocycles. The molecule has 1 unspecified atom stereocenters. The molecule has 3 aliphatic rings. The SMILES string of the molecule is Cc1ccc2c(c1)C(=O)N(C(C)C(=O)N1CCC3(CCNC3)CC1)C2=O. The Balaban J connectivity index is 1.48. The molecule has 1 spiro atoms. The third-order valence-corrected chi connectivity index (χ3v) is 6.29. The number of carbonyl (C=O) groups is 3. The second kappa shape index (κ2) is 6.20. The summed E-state index contributed by atoms with van der Waals surface area (Å²) in [5.41, 5.74) is 2.06. The molecular weight excluding hydrogens is 330 g/mol. The van der Waals surface area contributed by atoms with Crippen LogP contribution in [-0.4, -0.2) is 59.7 Å². The summed E-state index contributed by atoms with van der Waals surface area (Å²) in [6.45, 7) is 7.04. The molecule has 1 aromatic carbocycles. The summed E-state index contributed by atoms with van der Waals surface area (Å²) in [6, 6.07) is 4.46. The van der Waals surface area contributed by atoms with Gasteiger partial charge in [-0.15, -0.1) is 0 Å². The minimum absolute atomic E-state index is 0.128. The van der Waals surface area contributed by atoms with Crippen LogP contribution >= 0.6 is 0 Å². The lowest BCUT2D eigenvalue weighted by molar-refractivity contribution is -0.137. The van der Waals surface area contributed by atoms with E-state index in [0.29, 0.717) is 29.6 Å². The second-order valence-electron chi connectivity index (χ2n) is 7.96. The number of likely N-dealkylation sites (tertiary alicyclic amines) is 1. The number of rotatable bonds is 2. The third kappa shape index (κ3) is 2.63. The van der Waals surface area contributed by atoms with Crippen molar-refractivity contribution in [2.75, 3.05) is 26.2 Å². The van der Waals surface area contributed by atoms with Crippen molar-refractivity contribution >= 4 is 17.7 Å². The largest absolute Gasteiger partial charge is 0.341 e. The molecule has 1 N–H and O–H groups in total. The minimum Gasteiger partial charge on any atom is -0.341 e. The van der Waals surface area contributed by atoms with E-state index in [-0.39, 0.29) is 17.7 Å². The van der Waals surface area contributed by atoms with E-state index < -0.39 is 6.04 Å². The number of amides is 3. The Bertz CT molecular complexity index is 773. The Labute approximate surface area is 153 Å². The normalized spacial score (nSPS) is 22.8. The number of nitrogens with zero attached hydrogens (tertiary/aromatic N) is 2. The molecule has 1 aromatic rings. The summed E-state index contributed by atoms with van der Waals surface area (Å²) in [7, 11) is 0. The van der Waals surface area contributed by atoms with Gasteiger partial charge in [-0.3, -0.25) is 19.3 Å². The number of fused-ring (bicyclic) bond motifs is 1. The number of hydrogen-bond acceptors (Lipinski definition) is 4. The number of benzene rings is 1. The summed E-state index contributed by atoms with van der Waals surface area (Å²) in [4.78, 5) is 41.3. The number of piperidine rings is 1. The van der Waals surface area contributed by atoms with E-state index in [2.05, 4.69) is 5.32 Å². The van der Waals surface area contributed by atoms with Crippen LogP contribution in [0.25, 0.3) is 0 Å². The topological polar surface area (TPSA) is 69.7 Å². The quantitative estimate of drug-likeness (QED) is 0.818. The van der Waals surface area contributed by atoms with Gasteiger partial charge < -0.3 is 10.2 Å². The zero-order chi connectivity index (χ0) is 18.5. The van der Waals surface area contributed by atoms with E-state index in [0.717, 1.165) is 36.4 Å². The van der Waals surface area contributed by atoms with E-state index >= 15 is 0 Å². The molecule has 3 amide bonds. The van der Waals surface area contributed by atoms with Crippen LogP contribution in [0.2, 0.25) is 0 Å². The average Bonchev–Trinajstić information content (AvgIpc) is 3.18.